The molecule has 0 unspecified atom stereocenters. The fraction of sp³-hybridized carbons (Fsp3) is 0.636. The molecule has 1 aromatic carbocycles. The average Bonchev–Trinajstić information content (AvgIpc) is 2.67. The number of nitriles is 2. The maximum Gasteiger partial charge on any atom is 0.101 e. The predicted octanol–water partition coefficient (Wildman–Crippen LogP) is 7.55. The monoisotopic (exact) mass is 388 g/mol. The summed E-state index contributed by atoms with van der Waals surface area (Å²) in [7, 11) is 0. The molecule has 0 atom stereocenters. The maximum atomic E-state index is 9.31. The Balaban J connectivity index is 2.63. The normalized spacial score (nSPS) is 10.5. The summed E-state index contributed by atoms with van der Waals surface area (Å²) in [6.07, 6.45) is 12.8. The van der Waals surface area contributed by atoms with Crippen LogP contribution in [0.15, 0.2) is 21.9 Å². The Labute approximate surface area is 168 Å². The number of benzene rings is 1. The van der Waals surface area contributed by atoms with Crippen molar-refractivity contribution in [2.45, 2.75) is 87.8 Å². The van der Waals surface area contributed by atoms with Crippen molar-refractivity contribution in [3.05, 3.63) is 23.3 Å². The molecule has 0 radical (unpaired) electrons. The van der Waals surface area contributed by atoms with Crippen LogP contribution in [0.25, 0.3) is 0 Å². The van der Waals surface area contributed by atoms with E-state index in [2.05, 4.69) is 26.0 Å². The summed E-state index contributed by atoms with van der Waals surface area (Å²) in [5, 5.41) is 18.6. The van der Waals surface area contributed by atoms with Crippen LogP contribution in [-0.4, -0.2) is 11.5 Å². The highest BCUT2D eigenvalue weighted by atomic mass is 32.2. The van der Waals surface area contributed by atoms with E-state index >= 15 is 0 Å². The van der Waals surface area contributed by atoms with Crippen molar-refractivity contribution < 1.29 is 0 Å². The van der Waals surface area contributed by atoms with Gasteiger partial charge in [0.1, 0.15) is 12.1 Å². The highest BCUT2D eigenvalue weighted by molar-refractivity contribution is 8.02. The van der Waals surface area contributed by atoms with Crippen molar-refractivity contribution in [2.24, 2.45) is 0 Å². The first-order valence-corrected chi connectivity index (χ1v) is 12.0. The number of hydrogen-bond donors (Lipinski definition) is 0. The van der Waals surface area contributed by atoms with E-state index in [1.807, 2.05) is 35.7 Å². The fourth-order valence-electron chi connectivity index (χ4n) is 2.75. The molecule has 142 valence electrons. The molecule has 0 aliphatic rings. The largest absolute Gasteiger partial charge is 0.192 e. The van der Waals surface area contributed by atoms with E-state index in [1.54, 1.807) is 0 Å². The molecule has 0 saturated carbocycles. The van der Waals surface area contributed by atoms with Gasteiger partial charge in [-0.1, -0.05) is 65.2 Å². The predicted molar refractivity (Wildman–Crippen MR) is 115 cm³/mol. The molecular formula is C22H32N2S2. The number of nitrogens with zero attached hydrogens (tertiary/aromatic N) is 2. The van der Waals surface area contributed by atoms with Gasteiger partial charge in [-0.2, -0.15) is 10.5 Å². The molecular weight excluding hydrogens is 356 g/mol. The van der Waals surface area contributed by atoms with Crippen molar-refractivity contribution in [1.82, 2.24) is 0 Å². The lowest BCUT2D eigenvalue weighted by Crippen LogP contribution is -1.91. The third kappa shape index (κ3) is 9.02. The zero-order valence-corrected chi connectivity index (χ0v) is 18.0. The Bertz CT molecular complexity index is 546. The van der Waals surface area contributed by atoms with Gasteiger partial charge in [0, 0.05) is 9.79 Å². The molecule has 2 nitrogen and oxygen atoms in total. The first kappa shape index (κ1) is 22.9. The van der Waals surface area contributed by atoms with Gasteiger partial charge in [-0.3, -0.25) is 0 Å². The molecule has 1 aromatic rings. The lowest BCUT2D eigenvalue weighted by Gasteiger charge is -2.11. The Morgan fingerprint density at radius 2 is 1.04 bits per heavy atom. The SMILES string of the molecule is CCCCCCCSc1cc(C#N)c(C#N)cc1SCCCCCCC. The van der Waals surface area contributed by atoms with Crippen LogP contribution < -0.4 is 0 Å². The van der Waals surface area contributed by atoms with E-state index in [1.165, 1.54) is 74.0 Å². The second-order valence-corrected chi connectivity index (χ2v) is 8.87. The van der Waals surface area contributed by atoms with Crippen molar-refractivity contribution in [3.63, 3.8) is 0 Å². The minimum atomic E-state index is 0.508. The van der Waals surface area contributed by atoms with E-state index in [9.17, 15) is 10.5 Å². The topological polar surface area (TPSA) is 47.6 Å². The molecule has 0 aliphatic carbocycles. The number of thioether (sulfide) groups is 2. The van der Waals surface area contributed by atoms with Gasteiger partial charge in [0.15, 0.2) is 0 Å². The molecule has 26 heavy (non-hydrogen) atoms. The van der Waals surface area contributed by atoms with Crippen molar-refractivity contribution in [3.8, 4) is 12.1 Å². The molecule has 0 heterocycles. The van der Waals surface area contributed by atoms with Crippen molar-refractivity contribution >= 4 is 23.5 Å². The Morgan fingerprint density at radius 3 is 1.38 bits per heavy atom. The van der Waals surface area contributed by atoms with Gasteiger partial charge in [0.25, 0.3) is 0 Å². The fourth-order valence-corrected chi connectivity index (χ4v) is 5.04. The summed E-state index contributed by atoms with van der Waals surface area (Å²) in [6, 6.07) is 8.21. The molecule has 0 aromatic heterocycles. The van der Waals surface area contributed by atoms with Gasteiger partial charge in [-0.05, 0) is 36.5 Å². The molecule has 1 rings (SSSR count). The van der Waals surface area contributed by atoms with E-state index in [-0.39, 0.29) is 0 Å². The third-order valence-corrected chi connectivity index (χ3v) is 6.75. The van der Waals surface area contributed by atoms with Gasteiger partial charge in [0.2, 0.25) is 0 Å². The minimum absolute atomic E-state index is 0.508. The average molecular weight is 389 g/mol. The van der Waals surface area contributed by atoms with E-state index in [0.717, 1.165) is 11.5 Å². The molecule has 0 saturated heterocycles. The van der Waals surface area contributed by atoms with Gasteiger partial charge in [-0.15, -0.1) is 23.5 Å². The minimum Gasteiger partial charge on any atom is -0.192 e. The van der Waals surface area contributed by atoms with E-state index in [0.29, 0.717) is 11.1 Å². The van der Waals surface area contributed by atoms with Crippen LogP contribution in [-0.2, 0) is 0 Å². The highest BCUT2D eigenvalue weighted by Crippen LogP contribution is 2.34. The van der Waals surface area contributed by atoms with Gasteiger partial charge >= 0.3 is 0 Å². The summed E-state index contributed by atoms with van der Waals surface area (Å²) in [5.74, 6) is 2.18. The van der Waals surface area contributed by atoms with Crippen molar-refractivity contribution in [1.29, 1.82) is 10.5 Å². The summed E-state index contributed by atoms with van der Waals surface area (Å²) < 4.78 is 0. The summed E-state index contributed by atoms with van der Waals surface area (Å²) in [4.78, 5) is 2.35. The summed E-state index contributed by atoms with van der Waals surface area (Å²) in [6.45, 7) is 4.47. The van der Waals surface area contributed by atoms with Gasteiger partial charge < -0.3 is 0 Å². The van der Waals surface area contributed by atoms with Crippen LogP contribution >= 0.6 is 23.5 Å². The molecule has 0 N–H and O–H groups in total. The van der Waals surface area contributed by atoms with Crippen LogP contribution in [0, 0.1) is 22.7 Å². The van der Waals surface area contributed by atoms with Gasteiger partial charge in [-0.25, -0.2) is 0 Å². The number of rotatable bonds is 14. The lowest BCUT2D eigenvalue weighted by atomic mass is 10.1. The lowest BCUT2D eigenvalue weighted by molar-refractivity contribution is 0.659. The standard InChI is InChI=1S/C22H32N2S2/c1-3-5-7-9-11-13-25-21-15-19(17-23)20(18-24)16-22(21)26-14-12-10-8-6-4-2/h15-16H,3-14H2,1-2H3. The first-order valence-electron chi connectivity index (χ1n) is 10.0. The molecule has 0 spiro atoms. The zero-order valence-electron chi connectivity index (χ0n) is 16.4. The van der Waals surface area contributed by atoms with Crippen LogP contribution in [0.5, 0.6) is 0 Å². The van der Waals surface area contributed by atoms with E-state index < -0.39 is 0 Å². The Morgan fingerprint density at radius 1 is 0.654 bits per heavy atom. The maximum absolute atomic E-state index is 9.31. The summed E-state index contributed by atoms with van der Waals surface area (Å²) >= 11 is 3.69. The van der Waals surface area contributed by atoms with E-state index in [4.69, 9.17) is 0 Å². The zero-order chi connectivity index (χ0) is 19.0. The van der Waals surface area contributed by atoms with Crippen molar-refractivity contribution in [2.75, 3.05) is 11.5 Å². The quantitative estimate of drug-likeness (QED) is 0.244. The first-order chi connectivity index (χ1) is 12.8. The second-order valence-electron chi connectivity index (χ2n) is 6.59. The van der Waals surface area contributed by atoms with Crippen LogP contribution in [0.2, 0.25) is 0 Å². The third-order valence-electron chi connectivity index (χ3n) is 4.34. The Hall–Kier alpha value is -1.10. The van der Waals surface area contributed by atoms with Gasteiger partial charge in [0.05, 0.1) is 11.1 Å². The summed E-state index contributed by atoms with van der Waals surface area (Å²) in [5.41, 5.74) is 1.02. The Kier molecular flexibility index (Phi) is 13.2. The van der Waals surface area contributed by atoms with Crippen LogP contribution in [0.1, 0.15) is 89.2 Å². The number of unbranched alkanes of at least 4 members (excludes halogenated alkanes) is 8. The highest BCUT2D eigenvalue weighted by Gasteiger charge is 2.11. The molecule has 0 bridgehead atoms. The van der Waals surface area contributed by atoms with Crippen LogP contribution in [0.3, 0.4) is 0 Å². The second kappa shape index (κ2) is 15.0. The molecule has 0 aliphatic heterocycles. The smallest absolute Gasteiger partial charge is 0.101 e. The molecule has 0 amide bonds. The molecule has 4 heteroatoms. The van der Waals surface area contributed by atoms with Crippen LogP contribution in [0.4, 0.5) is 0 Å². The molecule has 0 fully saturated rings. The number of hydrogen-bond acceptors (Lipinski definition) is 4.